The molecule has 1 aromatic heterocycles. The van der Waals surface area contributed by atoms with Gasteiger partial charge in [-0.15, -0.1) is 15.0 Å². The third-order valence-electron chi connectivity index (χ3n) is 5.44. The summed E-state index contributed by atoms with van der Waals surface area (Å²) in [5.74, 6) is 0.388. The predicted molar refractivity (Wildman–Crippen MR) is 132 cm³/mol. The smallest absolute Gasteiger partial charge is 0.408 e. The van der Waals surface area contributed by atoms with E-state index < -0.39 is 6.09 Å². The first kappa shape index (κ1) is 22.5. The lowest BCUT2D eigenvalue weighted by Gasteiger charge is -2.33. The minimum absolute atomic E-state index is 0.0929. The zero-order valence-electron chi connectivity index (χ0n) is 19.8. The Labute approximate surface area is 194 Å². The van der Waals surface area contributed by atoms with E-state index in [0.29, 0.717) is 17.1 Å². The van der Waals surface area contributed by atoms with Gasteiger partial charge < -0.3 is 4.74 Å². The number of nitrogens with one attached hydrogen (secondary N) is 1. The fourth-order valence-corrected chi connectivity index (χ4v) is 4.34. The van der Waals surface area contributed by atoms with Crippen LogP contribution in [0.5, 0.6) is 5.75 Å². The van der Waals surface area contributed by atoms with E-state index in [4.69, 9.17) is 4.74 Å². The van der Waals surface area contributed by atoms with Crippen LogP contribution in [0.2, 0.25) is 0 Å². The second-order valence-corrected chi connectivity index (χ2v) is 10.2. The molecular weight excluding hydrogens is 412 g/mol. The monoisotopic (exact) mass is 442 g/mol. The fraction of sp³-hybridized carbons (Fsp3) is 0.296. The molecule has 0 saturated carbocycles. The molecule has 0 aliphatic carbocycles. The Morgan fingerprint density at radius 1 is 0.879 bits per heavy atom. The van der Waals surface area contributed by atoms with Crippen LogP contribution in [0.15, 0.2) is 72.8 Å². The van der Waals surface area contributed by atoms with Crippen molar-refractivity contribution in [3.05, 3.63) is 78.4 Å². The van der Waals surface area contributed by atoms with Crippen molar-refractivity contribution in [3.63, 3.8) is 0 Å². The molecule has 0 fully saturated rings. The number of amides is 1. The molecule has 6 heteroatoms. The maximum Gasteiger partial charge on any atom is 0.417 e. The van der Waals surface area contributed by atoms with Crippen LogP contribution in [0.3, 0.4) is 0 Å². The number of benzene rings is 3. The average molecular weight is 443 g/mol. The Hall–Kier alpha value is -3.67. The van der Waals surface area contributed by atoms with E-state index in [9.17, 15) is 4.79 Å². The lowest BCUT2D eigenvalue weighted by atomic mass is 9.72. The summed E-state index contributed by atoms with van der Waals surface area (Å²) in [6.07, 6.45) is 0.420. The number of ether oxygens (including phenoxy) is 1. The number of anilines is 1. The van der Waals surface area contributed by atoms with Gasteiger partial charge in [0.2, 0.25) is 0 Å². The first-order valence-electron chi connectivity index (χ1n) is 11.1. The molecule has 0 aliphatic rings. The molecule has 1 heterocycles. The average Bonchev–Trinajstić information content (AvgIpc) is 3.17. The largest absolute Gasteiger partial charge is 0.417 e. The van der Waals surface area contributed by atoms with Gasteiger partial charge in [0.25, 0.3) is 0 Å². The minimum atomic E-state index is -0.569. The molecule has 6 nitrogen and oxygen atoms in total. The Morgan fingerprint density at radius 2 is 1.48 bits per heavy atom. The molecule has 0 bridgehead atoms. The topological polar surface area (TPSA) is 69.0 Å². The SMILES string of the molecule is CC(C)(C)CC(C)(C)c1ccc(OC(=O)Nc2ccccc2)c(-n2nc3ccccc3n2)c1. The molecule has 1 amide bonds. The van der Waals surface area contributed by atoms with Gasteiger partial charge in [0, 0.05) is 5.69 Å². The number of nitrogens with zero attached hydrogens (tertiary/aromatic N) is 3. The highest BCUT2D eigenvalue weighted by atomic mass is 16.6. The van der Waals surface area contributed by atoms with Gasteiger partial charge in [-0.25, -0.2) is 4.79 Å². The van der Waals surface area contributed by atoms with Crippen molar-refractivity contribution in [2.75, 3.05) is 5.32 Å². The summed E-state index contributed by atoms with van der Waals surface area (Å²) in [6, 6.07) is 22.8. The summed E-state index contributed by atoms with van der Waals surface area (Å²) in [4.78, 5) is 14.2. The fourth-order valence-electron chi connectivity index (χ4n) is 4.34. The number of fused-ring (bicyclic) bond motifs is 1. The molecule has 4 aromatic rings. The van der Waals surface area contributed by atoms with Crippen molar-refractivity contribution in [3.8, 4) is 11.4 Å². The summed E-state index contributed by atoms with van der Waals surface area (Å²) in [6.45, 7) is 11.2. The lowest BCUT2D eigenvalue weighted by molar-refractivity contribution is 0.215. The Balaban J connectivity index is 1.73. The standard InChI is InChI=1S/C27H30N4O2/c1-26(2,3)18-27(4,5)19-15-16-24(33-25(32)28-20-11-7-6-8-12-20)23(17-19)31-29-21-13-9-10-14-22(21)30-31/h6-17H,18H2,1-5H3,(H,28,32). The summed E-state index contributed by atoms with van der Waals surface area (Å²) in [5, 5.41) is 12.0. The predicted octanol–water partition coefficient (Wildman–Crippen LogP) is 6.75. The molecule has 0 unspecified atom stereocenters. The molecule has 0 spiro atoms. The number of aromatic nitrogens is 3. The number of para-hydroxylation sites is 1. The maximum absolute atomic E-state index is 12.6. The van der Waals surface area contributed by atoms with Crippen LogP contribution in [0.1, 0.15) is 46.6 Å². The highest BCUT2D eigenvalue weighted by Crippen LogP contribution is 2.38. The number of hydrogen-bond acceptors (Lipinski definition) is 4. The van der Waals surface area contributed by atoms with Gasteiger partial charge in [0.05, 0.1) is 0 Å². The third kappa shape index (κ3) is 5.40. The van der Waals surface area contributed by atoms with Crippen LogP contribution >= 0.6 is 0 Å². The van der Waals surface area contributed by atoms with Gasteiger partial charge in [-0.1, -0.05) is 71.0 Å². The molecule has 0 radical (unpaired) electrons. The first-order valence-corrected chi connectivity index (χ1v) is 11.1. The Kier molecular flexibility index (Phi) is 5.93. The summed E-state index contributed by atoms with van der Waals surface area (Å²) >= 11 is 0. The van der Waals surface area contributed by atoms with Gasteiger partial charge in [0.15, 0.2) is 5.75 Å². The molecule has 170 valence electrons. The van der Waals surface area contributed by atoms with Gasteiger partial charge in [-0.3, -0.25) is 5.32 Å². The van der Waals surface area contributed by atoms with Gasteiger partial charge in [0.1, 0.15) is 16.7 Å². The highest BCUT2D eigenvalue weighted by molar-refractivity contribution is 5.86. The van der Waals surface area contributed by atoms with Gasteiger partial charge in [-0.05, 0) is 59.2 Å². The first-order chi connectivity index (χ1) is 15.6. The van der Waals surface area contributed by atoms with Crippen LogP contribution in [-0.2, 0) is 5.41 Å². The van der Waals surface area contributed by atoms with Gasteiger partial charge >= 0.3 is 6.09 Å². The highest BCUT2D eigenvalue weighted by Gasteiger charge is 2.28. The van der Waals surface area contributed by atoms with E-state index >= 15 is 0 Å². The zero-order valence-corrected chi connectivity index (χ0v) is 19.8. The van der Waals surface area contributed by atoms with Gasteiger partial charge in [-0.2, -0.15) is 0 Å². The van der Waals surface area contributed by atoms with Crippen molar-refractivity contribution >= 4 is 22.8 Å². The Morgan fingerprint density at radius 3 is 2.09 bits per heavy atom. The van der Waals surface area contributed by atoms with E-state index in [1.807, 2.05) is 72.8 Å². The van der Waals surface area contributed by atoms with Crippen molar-refractivity contribution in [1.29, 1.82) is 0 Å². The Bertz CT molecular complexity index is 1240. The maximum atomic E-state index is 12.6. The van der Waals surface area contributed by atoms with Crippen molar-refractivity contribution in [2.24, 2.45) is 5.41 Å². The number of hydrogen-bond donors (Lipinski definition) is 1. The molecule has 3 aromatic carbocycles. The zero-order chi connectivity index (χ0) is 23.6. The summed E-state index contributed by atoms with van der Waals surface area (Å²) in [7, 11) is 0. The summed E-state index contributed by atoms with van der Waals surface area (Å²) in [5.41, 5.74) is 4.03. The van der Waals surface area contributed by atoms with Crippen LogP contribution in [0, 0.1) is 5.41 Å². The van der Waals surface area contributed by atoms with Crippen LogP contribution in [-0.4, -0.2) is 21.1 Å². The minimum Gasteiger partial charge on any atom is -0.408 e. The van der Waals surface area contributed by atoms with E-state index in [1.54, 1.807) is 4.80 Å². The molecule has 0 atom stereocenters. The molecule has 0 saturated heterocycles. The van der Waals surface area contributed by atoms with Crippen molar-refractivity contribution < 1.29 is 9.53 Å². The molecule has 4 rings (SSSR count). The van der Waals surface area contributed by atoms with Crippen LogP contribution < -0.4 is 10.1 Å². The third-order valence-corrected chi connectivity index (χ3v) is 5.44. The van der Waals surface area contributed by atoms with E-state index in [2.05, 4.69) is 50.1 Å². The van der Waals surface area contributed by atoms with E-state index in [-0.39, 0.29) is 10.8 Å². The van der Waals surface area contributed by atoms with Crippen molar-refractivity contribution in [2.45, 2.75) is 46.5 Å². The molecule has 1 N–H and O–H groups in total. The lowest BCUT2D eigenvalue weighted by Crippen LogP contribution is -2.25. The number of carbonyl (C=O) groups is 1. The molecular formula is C27H30N4O2. The molecule has 0 aliphatic heterocycles. The number of carbonyl (C=O) groups excluding carboxylic acids is 1. The van der Waals surface area contributed by atoms with E-state index in [1.165, 1.54) is 0 Å². The van der Waals surface area contributed by atoms with Crippen LogP contribution in [0.4, 0.5) is 10.5 Å². The molecule has 33 heavy (non-hydrogen) atoms. The number of rotatable bonds is 5. The summed E-state index contributed by atoms with van der Waals surface area (Å²) < 4.78 is 5.72. The van der Waals surface area contributed by atoms with Crippen LogP contribution in [0.25, 0.3) is 16.7 Å². The van der Waals surface area contributed by atoms with Crippen molar-refractivity contribution in [1.82, 2.24) is 15.0 Å². The van der Waals surface area contributed by atoms with E-state index in [0.717, 1.165) is 23.0 Å². The quantitative estimate of drug-likeness (QED) is 0.371. The second kappa shape index (κ2) is 8.70. The second-order valence-electron chi connectivity index (χ2n) is 10.2. The normalized spacial score (nSPS) is 12.0.